The Morgan fingerprint density at radius 3 is 2.44 bits per heavy atom. The van der Waals surface area contributed by atoms with Gasteiger partial charge in [0, 0.05) is 6.20 Å². The monoisotopic (exact) mass is 216 g/mol. The molecule has 1 aromatic carbocycles. The number of azo groups is 1. The summed E-state index contributed by atoms with van der Waals surface area (Å²) in [6, 6.07) is 8.98. The zero-order chi connectivity index (χ0) is 11.4. The molecule has 0 unspecified atom stereocenters. The first-order valence-corrected chi connectivity index (χ1v) is 4.54. The van der Waals surface area contributed by atoms with Crippen LogP contribution in [-0.4, -0.2) is 9.97 Å². The van der Waals surface area contributed by atoms with Crippen LogP contribution in [0.25, 0.3) is 0 Å². The maximum atomic E-state index is 11.2. The van der Waals surface area contributed by atoms with Crippen molar-refractivity contribution in [2.24, 2.45) is 10.2 Å². The third-order valence-electron chi connectivity index (χ3n) is 1.83. The van der Waals surface area contributed by atoms with Crippen molar-refractivity contribution in [1.29, 1.82) is 0 Å². The van der Waals surface area contributed by atoms with Crippen LogP contribution in [0, 0.1) is 0 Å². The summed E-state index contributed by atoms with van der Waals surface area (Å²) in [7, 11) is 0. The average molecular weight is 216 g/mol. The maximum absolute atomic E-state index is 11.2. The van der Waals surface area contributed by atoms with Gasteiger partial charge in [-0.3, -0.25) is 9.78 Å². The van der Waals surface area contributed by atoms with Crippen molar-refractivity contribution in [3.05, 3.63) is 57.4 Å². The number of nitrogens with zero attached hydrogens (tertiary/aromatic N) is 2. The lowest BCUT2D eigenvalue weighted by molar-refractivity contribution is 1.02. The fraction of sp³-hybridized carbons (Fsp3) is 0. The number of benzene rings is 1. The molecule has 0 aliphatic rings. The zero-order valence-electron chi connectivity index (χ0n) is 8.18. The van der Waals surface area contributed by atoms with E-state index in [1.807, 2.05) is 18.2 Å². The first-order valence-electron chi connectivity index (χ1n) is 4.54. The van der Waals surface area contributed by atoms with Crippen molar-refractivity contribution in [3.63, 3.8) is 0 Å². The van der Waals surface area contributed by atoms with Crippen LogP contribution in [0.4, 0.5) is 11.4 Å². The van der Waals surface area contributed by atoms with Gasteiger partial charge in [0.25, 0.3) is 5.56 Å². The molecule has 0 aliphatic heterocycles. The topological polar surface area (TPSA) is 90.4 Å². The molecule has 0 bridgehead atoms. The van der Waals surface area contributed by atoms with Gasteiger partial charge in [0.15, 0.2) is 5.69 Å². The SMILES string of the molecule is O=c1[nH]cc(N=Nc2ccccc2)c(=O)[nH]1. The van der Waals surface area contributed by atoms with Gasteiger partial charge in [-0.15, -0.1) is 5.11 Å². The molecule has 0 atom stereocenters. The minimum atomic E-state index is -0.566. The Morgan fingerprint density at radius 1 is 1.00 bits per heavy atom. The predicted octanol–water partition coefficient (Wildman–Crippen LogP) is 1.48. The standard InChI is InChI=1S/C10H8N4O2/c15-9-8(6-11-10(16)12-9)14-13-7-4-2-1-3-5-7/h1-6H,(H2,11,12,15,16). The van der Waals surface area contributed by atoms with Gasteiger partial charge in [-0.25, -0.2) is 4.79 Å². The Labute approximate surface area is 89.7 Å². The Balaban J connectivity index is 2.31. The Hall–Kier alpha value is -2.50. The van der Waals surface area contributed by atoms with Gasteiger partial charge in [0.2, 0.25) is 0 Å². The second-order valence-electron chi connectivity index (χ2n) is 2.99. The Morgan fingerprint density at radius 2 is 1.75 bits per heavy atom. The minimum Gasteiger partial charge on any atom is -0.312 e. The van der Waals surface area contributed by atoms with E-state index in [1.165, 1.54) is 6.20 Å². The summed E-state index contributed by atoms with van der Waals surface area (Å²) in [6.07, 6.45) is 1.22. The molecule has 0 spiro atoms. The van der Waals surface area contributed by atoms with E-state index in [0.717, 1.165) is 0 Å². The summed E-state index contributed by atoms with van der Waals surface area (Å²) in [5.41, 5.74) is -0.441. The number of aromatic nitrogens is 2. The highest BCUT2D eigenvalue weighted by molar-refractivity contribution is 5.37. The van der Waals surface area contributed by atoms with Crippen LogP contribution in [0.5, 0.6) is 0 Å². The molecule has 1 aromatic heterocycles. The fourth-order valence-corrected chi connectivity index (χ4v) is 1.08. The van der Waals surface area contributed by atoms with Crippen LogP contribution in [0.2, 0.25) is 0 Å². The van der Waals surface area contributed by atoms with Crippen LogP contribution < -0.4 is 11.2 Å². The van der Waals surface area contributed by atoms with Crippen molar-refractivity contribution in [3.8, 4) is 0 Å². The number of hydrogen-bond acceptors (Lipinski definition) is 4. The molecule has 2 rings (SSSR count). The molecular formula is C10H8N4O2. The normalized spacial score (nSPS) is 10.8. The van der Waals surface area contributed by atoms with E-state index in [0.29, 0.717) is 5.69 Å². The summed E-state index contributed by atoms with van der Waals surface area (Å²) in [4.78, 5) is 26.3. The van der Waals surface area contributed by atoms with Crippen LogP contribution in [0.1, 0.15) is 0 Å². The van der Waals surface area contributed by atoms with Crippen molar-refractivity contribution in [2.45, 2.75) is 0 Å². The molecule has 16 heavy (non-hydrogen) atoms. The first-order chi connectivity index (χ1) is 7.75. The van der Waals surface area contributed by atoms with Crippen molar-refractivity contribution < 1.29 is 0 Å². The number of aromatic amines is 2. The molecule has 1 heterocycles. The van der Waals surface area contributed by atoms with Gasteiger partial charge in [-0.05, 0) is 12.1 Å². The second-order valence-corrected chi connectivity index (χ2v) is 2.99. The summed E-state index contributed by atoms with van der Waals surface area (Å²) in [5, 5.41) is 7.58. The lowest BCUT2D eigenvalue weighted by Gasteiger charge is -1.90. The fourth-order valence-electron chi connectivity index (χ4n) is 1.08. The van der Waals surface area contributed by atoms with Crippen LogP contribution in [0.15, 0.2) is 56.3 Å². The van der Waals surface area contributed by atoms with Gasteiger partial charge < -0.3 is 4.98 Å². The Bertz CT molecular complexity index is 612. The molecule has 0 aliphatic carbocycles. The molecule has 2 N–H and O–H groups in total. The van der Waals surface area contributed by atoms with Crippen molar-refractivity contribution in [2.75, 3.05) is 0 Å². The molecular weight excluding hydrogens is 208 g/mol. The molecule has 0 saturated carbocycles. The first kappa shape index (κ1) is 10.0. The highest BCUT2D eigenvalue weighted by Crippen LogP contribution is 2.12. The lowest BCUT2D eigenvalue weighted by Crippen LogP contribution is -2.20. The average Bonchev–Trinajstić information content (AvgIpc) is 2.29. The minimum absolute atomic E-state index is 0.0588. The van der Waals surface area contributed by atoms with Gasteiger partial charge in [0.05, 0.1) is 5.69 Å². The molecule has 6 nitrogen and oxygen atoms in total. The van der Waals surface area contributed by atoms with E-state index < -0.39 is 11.2 Å². The molecule has 0 amide bonds. The second kappa shape index (κ2) is 4.35. The number of rotatable bonds is 2. The molecule has 6 heteroatoms. The van der Waals surface area contributed by atoms with Crippen LogP contribution >= 0.6 is 0 Å². The highest BCUT2D eigenvalue weighted by atomic mass is 16.2. The van der Waals surface area contributed by atoms with E-state index in [-0.39, 0.29) is 5.69 Å². The molecule has 80 valence electrons. The Kier molecular flexibility index (Phi) is 2.73. The van der Waals surface area contributed by atoms with Gasteiger partial charge in [0.1, 0.15) is 0 Å². The van der Waals surface area contributed by atoms with Crippen molar-refractivity contribution in [1.82, 2.24) is 9.97 Å². The maximum Gasteiger partial charge on any atom is 0.325 e. The molecule has 0 radical (unpaired) electrons. The summed E-state index contributed by atoms with van der Waals surface area (Å²) in [5.74, 6) is 0. The molecule has 0 saturated heterocycles. The molecule has 2 aromatic rings. The quantitative estimate of drug-likeness (QED) is 0.744. The number of nitrogens with one attached hydrogen (secondary N) is 2. The summed E-state index contributed by atoms with van der Waals surface area (Å²) >= 11 is 0. The predicted molar refractivity (Wildman–Crippen MR) is 58.3 cm³/mol. The van der Waals surface area contributed by atoms with E-state index in [4.69, 9.17) is 0 Å². The molecule has 0 fully saturated rings. The van der Waals surface area contributed by atoms with E-state index >= 15 is 0 Å². The van der Waals surface area contributed by atoms with Crippen LogP contribution in [-0.2, 0) is 0 Å². The summed E-state index contributed by atoms with van der Waals surface area (Å²) < 4.78 is 0. The van der Waals surface area contributed by atoms with E-state index in [1.54, 1.807) is 12.1 Å². The third kappa shape index (κ3) is 2.30. The van der Waals surface area contributed by atoms with Crippen LogP contribution in [0.3, 0.4) is 0 Å². The van der Waals surface area contributed by atoms with Gasteiger partial charge >= 0.3 is 5.69 Å². The third-order valence-corrected chi connectivity index (χ3v) is 1.83. The lowest BCUT2D eigenvalue weighted by atomic mass is 10.3. The van der Waals surface area contributed by atoms with Gasteiger partial charge in [-0.1, -0.05) is 18.2 Å². The van der Waals surface area contributed by atoms with E-state index in [9.17, 15) is 9.59 Å². The summed E-state index contributed by atoms with van der Waals surface area (Å²) in [6.45, 7) is 0. The van der Waals surface area contributed by atoms with E-state index in [2.05, 4.69) is 20.2 Å². The highest BCUT2D eigenvalue weighted by Gasteiger charge is 1.96. The number of hydrogen-bond donors (Lipinski definition) is 2. The van der Waals surface area contributed by atoms with Gasteiger partial charge in [-0.2, -0.15) is 5.11 Å². The zero-order valence-corrected chi connectivity index (χ0v) is 8.18. The number of H-pyrrole nitrogens is 2. The smallest absolute Gasteiger partial charge is 0.312 e. The largest absolute Gasteiger partial charge is 0.325 e. The van der Waals surface area contributed by atoms with Crippen molar-refractivity contribution >= 4 is 11.4 Å².